The lowest BCUT2D eigenvalue weighted by molar-refractivity contribution is -0.139. The highest BCUT2D eigenvalue weighted by molar-refractivity contribution is 5.82. The van der Waals surface area contributed by atoms with Crippen molar-refractivity contribution < 1.29 is 14.7 Å². The third-order valence-electron chi connectivity index (χ3n) is 3.44. The van der Waals surface area contributed by atoms with Gasteiger partial charge in [-0.3, -0.25) is 4.90 Å². The second-order valence-electron chi connectivity index (χ2n) is 5.38. The van der Waals surface area contributed by atoms with Gasteiger partial charge in [0.25, 0.3) is 0 Å². The zero-order valence-corrected chi connectivity index (χ0v) is 12.7. The van der Waals surface area contributed by atoms with Gasteiger partial charge in [-0.2, -0.15) is 0 Å². The summed E-state index contributed by atoms with van der Waals surface area (Å²) in [6, 6.07) is -1.38. The van der Waals surface area contributed by atoms with Gasteiger partial charge in [-0.05, 0) is 14.1 Å². The number of hydrogen-bond acceptors (Lipinski definition) is 4. The molecule has 0 spiro atoms. The Morgan fingerprint density at radius 1 is 1.33 bits per heavy atom. The van der Waals surface area contributed by atoms with E-state index in [-0.39, 0.29) is 12.5 Å². The number of aliphatic carboxylic acids is 1. The molecule has 1 heterocycles. The standard InChI is InChI=1S/C14H24N4O3/c1-4-5-12(13(19)20)15-14(21)18-10-8-17(9-11-18)7-6-16(2)3/h1,12H,5-11H2,2-3H3,(H,15,21)(H,19,20). The van der Waals surface area contributed by atoms with E-state index in [1.165, 1.54) is 0 Å². The molecule has 0 saturated carbocycles. The number of piperazine rings is 1. The Labute approximate surface area is 125 Å². The zero-order chi connectivity index (χ0) is 15.8. The molecule has 0 aromatic rings. The summed E-state index contributed by atoms with van der Waals surface area (Å²) in [5.41, 5.74) is 0. The Kier molecular flexibility index (Phi) is 6.99. The Hall–Kier alpha value is -1.78. The monoisotopic (exact) mass is 296 g/mol. The molecule has 1 fully saturated rings. The van der Waals surface area contributed by atoms with Crippen LogP contribution >= 0.6 is 0 Å². The van der Waals surface area contributed by atoms with Crippen LogP contribution in [0, 0.1) is 12.3 Å². The van der Waals surface area contributed by atoms with Crippen LogP contribution < -0.4 is 5.32 Å². The number of hydrogen-bond donors (Lipinski definition) is 2. The highest BCUT2D eigenvalue weighted by atomic mass is 16.4. The third-order valence-corrected chi connectivity index (χ3v) is 3.44. The van der Waals surface area contributed by atoms with E-state index in [1.807, 2.05) is 14.1 Å². The first-order valence-electron chi connectivity index (χ1n) is 7.03. The summed E-state index contributed by atoms with van der Waals surface area (Å²) in [6.07, 6.45) is 5.10. The van der Waals surface area contributed by atoms with E-state index in [4.69, 9.17) is 11.5 Å². The van der Waals surface area contributed by atoms with Gasteiger partial charge >= 0.3 is 12.0 Å². The Bertz CT molecular complexity index is 398. The van der Waals surface area contributed by atoms with Crippen molar-refractivity contribution >= 4 is 12.0 Å². The summed E-state index contributed by atoms with van der Waals surface area (Å²) in [4.78, 5) is 29.0. The van der Waals surface area contributed by atoms with E-state index in [0.717, 1.165) is 26.2 Å². The highest BCUT2D eigenvalue weighted by Crippen LogP contribution is 2.03. The normalized spacial score (nSPS) is 17.3. The number of nitrogens with zero attached hydrogens (tertiary/aromatic N) is 3. The number of carboxylic acid groups (broad SMARTS) is 1. The largest absolute Gasteiger partial charge is 0.480 e. The fourth-order valence-corrected chi connectivity index (χ4v) is 2.07. The minimum atomic E-state index is -1.11. The maximum atomic E-state index is 12.0. The molecule has 7 nitrogen and oxygen atoms in total. The quantitative estimate of drug-likeness (QED) is 0.637. The second-order valence-corrected chi connectivity index (χ2v) is 5.38. The van der Waals surface area contributed by atoms with Gasteiger partial charge in [0.05, 0.1) is 0 Å². The summed E-state index contributed by atoms with van der Waals surface area (Å²) in [7, 11) is 4.06. The molecule has 1 unspecified atom stereocenters. The fourth-order valence-electron chi connectivity index (χ4n) is 2.07. The SMILES string of the molecule is C#CCC(NC(=O)N1CCN(CCN(C)C)CC1)C(=O)O. The molecular formula is C14H24N4O3. The maximum Gasteiger partial charge on any atom is 0.327 e. The maximum absolute atomic E-state index is 12.0. The average Bonchev–Trinajstić information content (AvgIpc) is 2.45. The van der Waals surface area contributed by atoms with Gasteiger partial charge in [0, 0.05) is 45.7 Å². The molecule has 118 valence electrons. The highest BCUT2D eigenvalue weighted by Gasteiger charge is 2.25. The lowest BCUT2D eigenvalue weighted by Crippen LogP contribution is -2.55. The van der Waals surface area contributed by atoms with Crippen LogP contribution in [0.15, 0.2) is 0 Å². The first kappa shape index (κ1) is 17.3. The van der Waals surface area contributed by atoms with Crippen LogP contribution in [-0.2, 0) is 4.79 Å². The molecule has 1 saturated heterocycles. The van der Waals surface area contributed by atoms with Crippen LogP contribution in [0.25, 0.3) is 0 Å². The Morgan fingerprint density at radius 2 is 1.95 bits per heavy atom. The first-order valence-corrected chi connectivity index (χ1v) is 7.03. The summed E-state index contributed by atoms with van der Waals surface area (Å²) in [6.45, 7) is 4.75. The zero-order valence-electron chi connectivity index (χ0n) is 12.7. The molecule has 2 N–H and O–H groups in total. The molecule has 2 amide bonds. The number of urea groups is 1. The molecule has 1 aliphatic rings. The van der Waals surface area contributed by atoms with Crippen molar-refractivity contribution in [2.45, 2.75) is 12.5 Å². The van der Waals surface area contributed by atoms with Gasteiger partial charge in [0.2, 0.25) is 0 Å². The van der Waals surface area contributed by atoms with Gasteiger partial charge in [0.1, 0.15) is 6.04 Å². The molecule has 0 bridgehead atoms. The molecule has 1 atom stereocenters. The molecule has 21 heavy (non-hydrogen) atoms. The van der Waals surface area contributed by atoms with Crippen LogP contribution in [0.2, 0.25) is 0 Å². The first-order chi connectivity index (χ1) is 9.93. The number of nitrogens with one attached hydrogen (secondary N) is 1. The number of carbonyl (C=O) groups is 2. The molecule has 1 aliphatic heterocycles. The van der Waals surface area contributed by atoms with Crippen molar-refractivity contribution in [3.8, 4) is 12.3 Å². The van der Waals surface area contributed by atoms with Gasteiger partial charge in [0.15, 0.2) is 0 Å². The topological polar surface area (TPSA) is 76.1 Å². The summed E-state index contributed by atoms with van der Waals surface area (Å²) < 4.78 is 0. The molecule has 1 rings (SSSR count). The smallest absolute Gasteiger partial charge is 0.327 e. The average molecular weight is 296 g/mol. The molecule has 0 aromatic heterocycles. The second kappa shape index (κ2) is 8.49. The summed E-state index contributed by atoms with van der Waals surface area (Å²) in [5.74, 6) is 1.16. The van der Waals surface area contributed by atoms with Crippen LogP contribution in [0.1, 0.15) is 6.42 Å². The number of amides is 2. The number of terminal acetylenes is 1. The number of carbonyl (C=O) groups excluding carboxylic acids is 1. The Balaban J connectivity index is 2.37. The van der Waals surface area contributed by atoms with Crippen molar-refractivity contribution in [2.75, 3.05) is 53.4 Å². The van der Waals surface area contributed by atoms with Crippen molar-refractivity contribution in [3.05, 3.63) is 0 Å². The molecule has 0 radical (unpaired) electrons. The number of likely N-dealkylation sites (N-methyl/N-ethyl adjacent to an activating group) is 1. The number of carboxylic acids is 1. The van der Waals surface area contributed by atoms with E-state index in [9.17, 15) is 9.59 Å². The van der Waals surface area contributed by atoms with Crippen molar-refractivity contribution in [1.29, 1.82) is 0 Å². The lowest BCUT2D eigenvalue weighted by atomic mass is 10.2. The summed E-state index contributed by atoms with van der Waals surface area (Å²) >= 11 is 0. The van der Waals surface area contributed by atoms with Crippen LogP contribution in [0.4, 0.5) is 4.79 Å². The van der Waals surface area contributed by atoms with Crippen LogP contribution in [0.5, 0.6) is 0 Å². The van der Waals surface area contributed by atoms with E-state index in [2.05, 4.69) is 21.0 Å². The van der Waals surface area contributed by atoms with Crippen molar-refractivity contribution in [3.63, 3.8) is 0 Å². The molecule has 0 aromatic carbocycles. The van der Waals surface area contributed by atoms with Gasteiger partial charge in [-0.1, -0.05) is 0 Å². The van der Waals surface area contributed by atoms with Crippen molar-refractivity contribution in [2.24, 2.45) is 0 Å². The van der Waals surface area contributed by atoms with E-state index >= 15 is 0 Å². The summed E-state index contributed by atoms with van der Waals surface area (Å²) in [5, 5.41) is 11.4. The minimum absolute atomic E-state index is 0.0100. The van der Waals surface area contributed by atoms with E-state index in [1.54, 1.807) is 4.90 Å². The van der Waals surface area contributed by atoms with Crippen molar-refractivity contribution in [1.82, 2.24) is 20.0 Å². The third kappa shape index (κ3) is 6.02. The molecule has 7 heteroatoms. The number of rotatable bonds is 6. The predicted octanol–water partition coefficient (Wildman–Crippen LogP) is -0.648. The predicted molar refractivity (Wildman–Crippen MR) is 80.0 cm³/mol. The Morgan fingerprint density at radius 3 is 2.43 bits per heavy atom. The van der Waals surface area contributed by atoms with E-state index < -0.39 is 12.0 Å². The minimum Gasteiger partial charge on any atom is -0.480 e. The van der Waals surface area contributed by atoms with Gasteiger partial charge in [-0.25, -0.2) is 9.59 Å². The fraction of sp³-hybridized carbons (Fsp3) is 0.714. The van der Waals surface area contributed by atoms with Gasteiger partial charge < -0.3 is 20.2 Å². The van der Waals surface area contributed by atoms with Crippen LogP contribution in [-0.4, -0.2) is 91.2 Å². The lowest BCUT2D eigenvalue weighted by Gasteiger charge is -2.35. The molecular weight excluding hydrogens is 272 g/mol. The van der Waals surface area contributed by atoms with E-state index in [0.29, 0.717) is 13.1 Å². The van der Waals surface area contributed by atoms with Gasteiger partial charge in [-0.15, -0.1) is 12.3 Å². The molecule has 0 aliphatic carbocycles. The van der Waals surface area contributed by atoms with Crippen LogP contribution in [0.3, 0.4) is 0 Å².